The first-order chi connectivity index (χ1) is 14.1. The average molecular weight is 431 g/mol. The number of carbonyl (C=O) groups is 4. The van der Waals surface area contributed by atoms with Crippen molar-refractivity contribution < 1.29 is 33.4 Å². The van der Waals surface area contributed by atoms with E-state index < -0.39 is 29.9 Å². The van der Waals surface area contributed by atoms with Gasteiger partial charge >= 0.3 is 18.3 Å². The number of piperazine rings is 1. The van der Waals surface area contributed by atoms with E-state index in [9.17, 15) is 19.2 Å². The Bertz CT molecular complexity index is 598. The number of nitrogens with zero attached hydrogens (tertiary/aromatic N) is 2. The van der Waals surface area contributed by atoms with Crippen molar-refractivity contribution in [2.24, 2.45) is 0 Å². The van der Waals surface area contributed by atoms with E-state index in [2.05, 4.69) is 20.1 Å². The number of rotatable bonds is 7. The van der Waals surface area contributed by atoms with Crippen LogP contribution in [0.1, 0.15) is 40.0 Å². The normalized spacial score (nSPS) is 15.1. The molecule has 1 atom stereocenters. The summed E-state index contributed by atoms with van der Waals surface area (Å²) in [5.41, 5.74) is -0.581. The number of unbranched alkanes of at least 4 members (excludes halogenated alkanes) is 1. The summed E-state index contributed by atoms with van der Waals surface area (Å²) in [6.07, 6.45) is 0.00277. The van der Waals surface area contributed by atoms with E-state index in [1.54, 1.807) is 30.6 Å². The molecule has 0 aromatic heterocycles. The zero-order chi connectivity index (χ0) is 22.7. The maximum absolute atomic E-state index is 12.9. The van der Waals surface area contributed by atoms with Gasteiger partial charge in [0, 0.05) is 32.7 Å². The predicted octanol–water partition coefficient (Wildman–Crippen LogP) is 1.32. The van der Waals surface area contributed by atoms with Gasteiger partial charge in [0.2, 0.25) is 5.91 Å². The molecule has 1 fully saturated rings. The molecule has 1 saturated heterocycles. The van der Waals surface area contributed by atoms with Gasteiger partial charge < -0.3 is 34.6 Å². The zero-order valence-electron chi connectivity index (χ0n) is 18.5. The standard InChI is InChI=1S/C19H34N4O7/c1-19(2,3)30-18(27)23-12-10-22(11-13-23)15(24)14(21-17(26)29-5)8-6-7-9-20-16(25)28-4/h14H,6-13H2,1-5H3,(H,20,25)(H,21,26). The number of nitrogens with one attached hydrogen (secondary N) is 2. The van der Waals surface area contributed by atoms with Gasteiger partial charge in [-0.15, -0.1) is 0 Å². The molecular weight excluding hydrogens is 396 g/mol. The first-order valence-corrected chi connectivity index (χ1v) is 10.0. The summed E-state index contributed by atoms with van der Waals surface area (Å²) in [6.45, 7) is 7.21. The summed E-state index contributed by atoms with van der Waals surface area (Å²) in [5, 5.41) is 5.13. The van der Waals surface area contributed by atoms with Gasteiger partial charge in [-0.05, 0) is 40.0 Å². The highest BCUT2D eigenvalue weighted by molar-refractivity contribution is 5.86. The number of ether oxygens (including phenoxy) is 3. The fraction of sp³-hybridized carbons (Fsp3) is 0.789. The smallest absolute Gasteiger partial charge is 0.410 e. The third-order valence-corrected chi connectivity index (χ3v) is 4.39. The number of alkyl carbamates (subject to hydrolysis) is 2. The van der Waals surface area contributed by atoms with Crippen LogP contribution >= 0.6 is 0 Å². The fourth-order valence-corrected chi connectivity index (χ4v) is 2.85. The van der Waals surface area contributed by atoms with Gasteiger partial charge in [0.1, 0.15) is 11.6 Å². The van der Waals surface area contributed by atoms with E-state index in [1.807, 2.05) is 0 Å². The van der Waals surface area contributed by atoms with Crippen molar-refractivity contribution in [1.82, 2.24) is 20.4 Å². The number of carbonyl (C=O) groups excluding carboxylic acids is 4. The predicted molar refractivity (Wildman–Crippen MR) is 108 cm³/mol. The Labute approximate surface area is 177 Å². The Kier molecular flexibility index (Phi) is 10.2. The van der Waals surface area contributed by atoms with E-state index in [0.717, 1.165) is 0 Å². The van der Waals surface area contributed by atoms with Crippen LogP contribution in [-0.2, 0) is 19.0 Å². The molecule has 0 aromatic carbocycles. The van der Waals surface area contributed by atoms with Crippen molar-refractivity contribution in [3.63, 3.8) is 0 Å². The average Bonchev–Trinajstić information content (AvgIpc) is 2.70. The van der Waals surface area contributed by atoms with E-state index in [-0.39, 0.29) is 5.91 Å². The van der Waals surface area contributed by atoms with Crippen LogP contribution < -0.4 is 10.6 Å². The van der Waals surface area contributed by atoms with Gasteiger partial charge in [-0.3, -0.25) is 4.79 Å². The van der Waals surface area contributed by atoms with E-state index in [4.69, 9.17) is 4.74 Å². The van der Waals surface area contributed by atoms with Crippen molar-refractivity contribution in [3.8, 4) is 0 Å². The van der Waals surface area contributed by atoms with Crippen LogP contribution in [0.4, 0.5) is 14.4 Å². The summed E-state index contributed by atoms with van der Waals surface area (Å²) < 4.78 is 14.5. The molecule has 1 unspecified atom stereocenters. The Balaban J connectivity index is 2.55. The van der Waals surface area contributed by atoms with E-state index in [1.165, 1.54) is 14.2 Å². The van der Waals surface area contributed by atoms with Crippen LogP contribution in [-0.4, -0.2) is 92.6 Å². The minimum Gasteiger partial charge on any atom is -0.453 e. The third kappa shape index (κ3) is 9.19. The van der Waals surface area contributed by atoms with Gasteiger partial charge in [-0.25, -0.2) is 14.4 Å². The van der Waals surface area contributed by atoms with Crippen molar-refractivity contribution >= 4 is 24.2 Å². The number of hydrogen-bond acceptors (Lipinski definition) is 7. The highest BCUT2D eigenvalue weighted by Crippen LogP contribution is 2.13. The van der Waals surface area contributed by atoms with Gasteiger partial charge in [-0.1, -0.05) is 0 Å². The molecule has 11 heteroatoms. The van der Waals surface area contributed by atoms with Crippen LogP contribution in [0.25, 0.3) is 0 Å². The lowest BCUT2D eigenvalue weighted by molar-refractivity contribution is -0.135. The summed E-state index contributed by atoms with van der Waals surface area (Å²) in [7, 11) is 2.52. The monoisotopic (exact) mass is 430 g/mol. The minimum atomic E-state index is -0.747. The minimum absolute atomic E-state index is 0.231. The van der Waals surface area contributed by atoms with Crippen LogP contribution in [0.2, 0.25) is 0 Å². The summed E-state index contributed by atoms with van der Waals surface area (Å²) in [5.74, 6) is -0.231. The summed E-state index contributed by atoms with van der Waals surface area (Å²) in [6, 6.07) is -0.747. The quantitative estimate of drug-likeness (QED) is 0.461. The number of amides is 4. The van der Waals surface area contributed by atoms with Crippen molar-refractivity contribution in [2.45, 2.75) is 51.7 Å². The van der Waals surface area contributed by atoms with Gasteiger partial charge in [0.05, 0.1) is 14.2 Å². The molecule has 1 rings (SSSR count). The topological polar surface area (TPSA) is 127 Å². The lowest BCUT2D eigenvalue weighted by Gasteiger charge is -2.37. The van der Waals surface area contributed by atoms with Crippen LogP contribution in [0.15, 0.2) is 0 Å². The Hall–Kier alpha value is -2.72. The van der Waals surface area contributed by atoms with Crippen molar-refractivity contribution in [2.75, 3.05) is 46.9 Å². The SMILES string of the molecule is COC(=O)NCCCCC(NC(=O)OC)C(=O)N1CCN(C(=O)OC(C)(C)C)CC1. The van der Waals surface area contributed by atoms with E-state index in [0.29, 0.717) is 52.0 Å². The molecule has 0 saturated carbocycles. The van der Waals surface area contributed by atoms with Gasteiger partial charge in [-0.2, -0.15) is 0 Å². The second kappa shape index (κ2) is 12.1. The Morgan fingerprint density at radius 2 is 1.47 bits per heavy atom. The highest BCUT2D eigenvalue weighted by Gasteiger charge is 2.31. The number of hydrogen-bond donors (Lipinski definition) is 2. The molecule has 0 aromatic rings. The maximum atomic E-state index is 12.9. The molecule has 0 bridgehead atoms. The molecular formula is C19H34N4O7. The van der Waals surface area contributed by atoms with Crippen molar-refractivity contribution in [1.29, 1.82) is 0 Å². The third-order valence-electron chi connectivity index (χ3n) is 4.39. The molecule has 2 N–H and O–H groups in total. The Morgan fingerprint density at radius 1 is 0.900 bits per heavy atom. The molecule has 172 valence electrons. The number of methoxy groups -OCH3 is 2. The molecule has 0 aliphatic carbocycles. The molecule has 4 amide bonds. The molecule has 1 aliphatic rings. The highest BCUT2D eigenvalue weighted by atomic mass is 16.6. The lowest BCUT2D eigenvalue weighted by atomic mass is 10.1. The molecule has 11 nitrogen and oxygen atoms in total. The molecule has 0 radical (unpaired) electrons. The maximum Gasteiger partial charge on any atom is 0.410 e. The first kappa shape index (κ1) is 25.3. The molecule has 1 aliphatic heterocycles. The van der Waals surface area contributed by atoms with Gasteiger partial charge in [0.15, 0.2) is 0 Å². The second-order valence-corrected chi connectivity index (χ2v) is 7.90. The largest absolute Gasteiger partial charge is 0.453 e. The molecule has 30 heavy (non-hydrogen) atoms. The van der Waals surface area contributed by atoms with Crippen molar-refractivity contribution in [3.05, 3.63) is 0 Å². The second-order valence-electron chi connectivity index (χ2n) is 7.90. The van der Waals surface area contributed by atoms with E-state index >= 15 is 0 Å². The molecule has 1 heterocycles. The summed E-state index contributed by atoms with van der Waals surface area (Å²) >= 11 is 0. The van der Waals surface area contributed by atoms with Crippen LogP contribution in [0, 0.1) is 0 Å². The lowest BCUT2D eigenvalue weighted by Crippen LogP contribution is -2.56. The summed E-state index contributed by atoms with van der Waals surface area (Å²) in [4.78, 5) is 51.0. The van der Waals surface area contributed by atoms with Crippen LogP contribution in [0.5, 0.6) is 0 Å². The fourth-order valence-electron chi connectivity index (χ4n) is 2.85. The zero-order valence-corrected chi connectivity index (χ0v) is 18.5. The van der Waals surface area contributed by atoms with Gasteiger partial charge in [0.25, 0.3) is 0 Å². The Morgan fingerprint density at radius 3 is 2.00 bits per heavy atom. The first-order valence-electron chi connectivity index (χ1n) is 10.0. The molecule has 0 spiro atoms. The van der Waals surface area contributed by atoms with Crippen LogP contribution in [0.3, 0.4) is 0 Å².